The number of rotatable bonds is 6. The number of unbranched alkanes of at least 4 members (excludes halogenated alkanes) is 3. The predicted octanol–water partition coefficient (Wildman–Crippen LogP) is 3.59. The van der Waals surface area contributed by atoms with E-state index in [9.17, 15) is 4.79 Å². The van der Waals surface area contributed by atoms with Gasteiger partial charge in [-0.05, 0) is 30.6 Å². The highest BCUT2D eigenvalue weighted by atomic mass is 16.1. The lowest BCUT2D eigenvalue weighted by atomic mass is 9.81. The lowest BCUT2D eigenvalue weighted by Crippen LogP contribution is -2.20. The number of carbonyl (C=O) groups is 1. The molecule has 0 aromatic rings. The molecule has 84 valence electrons. The first-order valence-corrected chi connectivity index (χ1v) is 6.50. The van der Waals surface area contributed by atoms with Crippen molar-refractivity contribution in [3.8, 4) is 0 Å². The summed E-state index contributed by atoms with van der Waals surface area (Å²) < 4.78 is 0. The third-order valence-corrected chi connectivity index (χ3v) is 4.24. The molecule has 2 rings (SSSR count). The second-order valence-electron chi connectivity index (χ2n) is 5.17. The average Bonchev–Trinajstić information content (AvgIpc) is 2.84. The predicted molar refractivity (Wildman–Crippen MR) is 62.5 cm³/mol. The molecule has 1 heteroatoms. The summed E-state index contributed by atoms with van der Waals surface area (Å²) in [6.45, 7) is 2.24. The van der Waals surface area contributed by atoms with Crippen LogP contribution in [0.1, 0.15) is 45.4 Å². The van der Waals surface area contributed by atoms with Gasteiger partial charge in [-0.3, -0.25) is 0 Å². The highest BCUT2D eigenvalue weighted by molar-refractivity contribution is 5.57. The Morgan fingerprint density at radius 1 is 1.20 bits per heavy atom. The molecule has 0 heterocycles. The van der Waals surface area contributed by atoms with Crippen molar-refractivity contribution in [3.05, 3.63) is 12.2 Å². The molecule has 0 aromatic heterocycles. The van der Waals surface area contributed by atoms with Crippen LogP contribution in [-0.4, -0.2) is 6.29 Å². The van der Waals surface area contributed by atoms with E-state index >= 15 is 0 Å². The molecular weight excluding hydrogens is 184 g/mol. The fraction of sp³-hybridized carbons (Fsp3) is 0.786. The maximum Gasteiger partial charge on any atom is 0.123 e. The molecule has 1 fully saturated rings. The Morgan fingerprint density at radius 3 is 2.73 bits per heavy atom. The summed E-state index contributed by atoms with van der Waals surface area (Å²) in [5, 5.41) is 0. The van der Waals surface area contributed by atoms with E-state index in [0.717, 1.165) is 5.92 Å². The van der Waals surface area contributed by atoms with Gasteiger partial charge in [0.2, 0.25) is 0 Å². The van der Waals surface area contributed by atoms with E-state index in [1.54, 1.807) is 0 Å². The number of aldehydes is 1. The molecule has 15 heavy (non-hydrogen) atoms. The van der Waals surface area contributed by atoms with Gasteiger partial charge in [-0.1, -0.05) is 44.8 Å². The second-order valence-corrected chi connectivity index (χ2v) is 5.17. The van der Waals surface area contributed by atoms with Gasteiger partial charge < -0.3 is 4.79 Å². The summed E-state index contributed by atoms with van der Waals surface area (Å²) in [7, 11) is 0. The molecule has 0 saturated heterocycles. The molecular formula is C14H22O. The molecule has 4 atom stereocenters. The molecule has 0 aliphatic heterocycles. The molecule has 1 saturated carbocycles. The maximum atomic E-state index is 11.1. The Kier molecular flexibility index (Phi) is 3.61. The van der Waals surface area contributed by atoms with Gasteiger partial charge in [-0.25, -0.2) is 0 Å². The van der Waals surface area contributed by atoms with Crippen LogP contribution in [0.2, 0.25) is 0 Å². The molecule has 0 aromatic carbocycles. The molecule has 0 N–H and O–H groups in total. The highest BCUT2D eigenvalue weighted by Gasteiger charge is 2.43. The lowest BCUT2D eigenvalue weighted by Gasteiger charge is -2.23. The molecule has 2 aliphatic carbocycles. The van der Waals surface area contributed by atoms with Crippen LogP contribution in [0.4, 0.5) is 0 Å². The van der Waals surface area contributed by atoms with Crippen LogP contribution in [0.3, 0.4) is 0 Å². The van der Waals surface area contributed by atoms with Crippen LogP contribution in [0, 0.1) is 23.7 Å². The number of carbonyl (C=O) groups excluding carboxylic acids is 1. The maximum absolute atomic E-state index is 11.1. The molecule has 0 amide bonds. The van der Waals surface area contributed by atoms with E-state index in [2.05, 4.69) is 19.1 Å². The van der Waals surface area contributed by atoms with Crippen LogP contribution in [-0.2, 0) is 4.79 Å². The van der Waals surface area contributed by atoms with Gasteiger partial charge in [0.25, 0.3) is 0 Å². The van der Waals surface area contributed by atoms with Crippen molar-refractivity contribution in [2.24, 2.45) is 23.7 Å². The summed E-state index contributed by atoms with van der Waals surface area (Å²) in [6.07, 6.45) is 13.7. The van der Waals surface area contributed by atoms with Crippen LogP contribution in [0.5, 0.6) is 0 Å². The van der Waals surface area contributed by atoms with Gasteiger partial charge in [0.1, 0.15) is 6.29 Å². The quantitative estimate of drug-likeness (QED) is 0.369. The van der Waals surface area contributed by atoms with E-state index in [0.29, 0.717) is 17.8 Å². The fourth-order valence-corrected chi connectivity index (χ4v) is 3.38. The number of fused-ring (bicyclic) bond motifs is 2. The number of allylic oxidation sites excluding steroid dienone is 2. The summed E-state index contributed by atoms with van der Waals surface area (Å²) in [6, 6.07) is 0. The van der Waals surface area contributed by atoms with Crippen LogP contribution < -0.4 is 0 Å². The van der Waals surface area contributed by atoms with Crippen molar-refractivity contribution in [1.82, 2.24) is 0 Å². The smallest absolute Gasteiger partial charge is 0.123 e. The summed E-state index contributed by atoms with van der Waals surface area (Å²) in [5.41, 5.74) is 0. The largest absolute Gasteiger partial charge is 0.303 e. The monoisotopic (exact) mass is 206 g/mol. The second kappa shape index (κ2) is 4.96. The van der Waals surface area contributed by atoms with E-state index < -0.39 is 0 Å². The molecule has 0 spiro atoms. The van der Waals surface area contributed by atoms with Crippen molar-refractivity contribution in [1.29, 1.82) is 0 Å². The molecule has 0 unspecified atom stereocenters. The van der Waals surface area contributed by atoms with Crippen molar-refractivity contribution >= 4 is 6.29 Å². The van der Waals surface area contributed by atoms with Crippen molar-refractivity contribution in [2.45, 2.75) is 45.4 Å². The normalized spacial score (nSPS) is 37.4. The molecule has 2 bridgehead atoms. The summed E-state index contributed by atoms with van der Waals surface area (Å²) in [4.78, 5) is 11.1. The van der Waals surface area contributed by atoms with E-state index in [1.165, 1.54) is 44.8 Å². The van der Waals surface area contributed by atoms with Gasteiger partial charge in [0, 0.05) is 5.92 Å². The standard InChI is InChI=1S/C14H22O/c1-2-3-4-5-6-13-11-7-8-12(9-11)14(13)10-15/h7-8,10-14H,2-6,9H2,1H3/t11-,12+,13-,14-/m1/s1. The minimum absolute atomic E-state index is 0.349. The zero-order valence-electron chi connectivity index (χ0n) is 9.69. The summed E-state index contributed by atoms with van der Waals surface area (Å²) >= 11 is 0. The first-order valence-electron chi connectivity index (χ1n) is 6.50. The Bertz CT molecular complexity index is 244. The van der Waals surface area contributed by atoms with Gasteiger partial charge in [-0.15, -0.1) is 0 Å². The zero-order chi connectivity index (χ0) is 10.7. The first-order chi connectivity index (χ1) is 7.36. The third-order valence-electron chi connectivity index (χ3n) is 4.24. The molecule has 2 aliphatic rings. The molecule has 0 radical (unpaired) electrons. The Hall–Kier alpha value is -0.590. The highest BCUT2D eigenvalue weighted by Crippen LogP contribution is 2.48. The van der Waals surface area contributed by atoms with Crippen LogP contribution in [0.15, 0.2) is 12.2 Å². The van der Waals surface area contributed by atoms with E-state index in [4.69, 9.17) is 0 Å². The Balaban J connectivity index is 1.81. The minimum Gasteiger partial charge on any atom is -0.303 e. The zero-order valence-corrected chi connectivity index (χ0v) is 9.69. The van der Waals surface area contributed by atoms with Crippen LogP contribution >= 0.6 is 0 Å². The fourth-order valence-electron chi connectivity index (χ4n) is 3.38. The van der Waals surface area contributed by atoms with Gasteiger partial charge >= 0.3 is 0 Å². The summed E-state index contributed by atoms with van der Waals surface area (Å²) in [5.74, 6) is 2.34. The molecule has 1 nitrogen and oxygen atoms in total. The van der Waals surface area contributed by atoms with Gasteiger partial charge in [0.15, 0.2) is 0 Å². The number of hydrogen-bond donors (Lipinski definition) is 0. The topological polar surface area (TPSA) is 17.1 Å². The minimum atomic E-state index is 0.349. The Morgan fingerprint density at radius 2 is 2.00 bits per heavy atom. The lowest BCUT2D eigenvalue weighted by molar-refractivity contribution is -0.113. The van der Waals surface area contributed by atoms with Gasteiger partial charge in [-0.2, -0.15) is 0 Å². The van der Waals surface area contributed by atoms with Crippen LogP contribution in [0.25, 0.3) is 0 Å². The third kappa shape index (κ3) is 2.16. The van der Waals surface area contributed by atoms with Crippen molar-refractivity contribution in [2.75, 3.05) is 0 Å². The van der Waals surface area contributed by atoms with Gasteiger partial charge in [0.05, 0.1) is 0 Å². The average molecular weight is 206 g/mol. The SMILES string of the molecule is CCCCCC[C@H]1[C@H](C=O)[C@H]2C=C[C@@H]1C2. The first kappa shape index (κ1) is 10.9. The van der Waals surface area contributed by atoms with E-state index in [-0.39, 0.29) is 0 Å². The van der Waals surface area contributed by atoms with Crippen molar-refractivity contribution < 1.29 is 4.79 Å². The van der Waals surface area contributed by atoms with Crippen molar-refractivity contribution in [3.63, 3.8) is 0 Å². The van der Waals surface area contributed by atoms with E-state index in [1.807, 2.05) is 0 Å². The Labute approximate surface area is 92.9 Å². The number of hydrogen-bond acceptors (Lipinski definition) is 1.